The van der Waals surface area contributed by atoms with E-state index in [0.29, 0.717) is 0 Å². The fraction of sp³-hybridized carbons (Fsp3) is 0.667. The van der Waals surface area contributed by atoms with Crippen LogP contribution < -0.4 is 0 Å². The fourth-order valence-corrected chi connectivity index (χ4v) is 1.56. The third-order valence-electron chi connectivity index (χ3n) is 1.42. The lowest BCUT2D eigenvalue weighted by atomic mass is 10.2. The van der Waals surface area contributed by atoms with E-state index in [4.69, 9.17) is 5.11 Å². The standard InChI is InChI=1S/C9H16O2S/c1-2-3-4-5-6-7-12-8-9(10)11/h2H,1,3-8H2,(H,10,11). The second-order valence-electron chi connectivity index (χ2n) is 2.58. The van der Waals surface area contributed by atoms with Crippen LogP contribution in [0.4, 0.5) is 0 Å². The second kappa shape index (κ2) is 8.65. The van der Waals surface area contributed by atoms with Crippen LogP contribution in [-0.4, -0.2) is 22.6 Å². The molecule has 0 radical (unpaired) electrons. The molecule has 0 aromatic rings. The monoisotopic (exact) mass is 188 g/mol. The highest BCUT2D eigenvalue weighted by Gasteiger charge is 1.95. The maximum atomic E-state index is 10.1. The molecule has 70 valence electrons. The van der Waals surface area contributed by atoms with Crippen molar-refractivity contribution in [1.29, 1.82) is 0 Å². The molecule has 0 amide bonds. The molecule has 0 aliphatic rings. The molecule has 0 aromatic heterocycles. The lowest BCUT2D eigenvalue weighted by Gasteiger charge is -1.97. The number of carboxylic acid groups (broad SMARTS) is 1. The molecule has 0 aliphatic carbocycles. The van der Waals surface area contributed by atoms with Gasteiger partial charge in [-0.05, 0) is 25.0 Å². The van der Waals surface area contributed by atoms with Crippen molar-refractivity contribution in [2.75, 3.05) is 11.5 Å². The molecule has 3 heteroatoms. The van der Waals surface area contributed by atoms with Crippen molar-refractivity contribution >= 4 is 17.7 Å². The van der Waals surface area contributed by atoms with E-state index in [2.05, 4.69) is 6.58 Å². The van der Waals surface area contributed by atoms with Gasteiger partial charge in [-0.25, -0.2) is 0 Å². The molecule has 12 heavy (non-hydrogen) atoms. The summed E-state index contributed by atoms with van der Waals surface area (Å²) in [6.45, 7) is 3.63. The number of unbranched alkanes of at least 4 members (excludes halogenated alkanes) is 3. The minimum atomic E-state index is -0.717. The Hall–Kier alpha value is -0.440. The minimum absolute atomic E-state index is 0.238. The van der Waals surface area contributed by atoms with Crippen molar-refractivity contribution in [2.24, 2.45) is 0 Å². The Bertz CT molecular complexity index is 134. The average Bonchev–Trinajstić information content (AvgIpc) is 2.02. The van der Waals surface area contributed by atoms with Gasteiger partial charge in [-0.3, -0.25) is 4.79 Å². The number of carboxylic acids is 1. The van der Waals surface area contributed by atoms with Gasteiger partial charge >= 0.3 is 5.97 Å². The highest BCUT2D eigenvalue weighted by molar-refractivity contribution is 7.99. The summed E-state index contributed by atoms with van der Waals surface area (Å²) in [5.41, 5.74) is 0. The Morgan fingerprint density at radius 3 is 2.75 bits per heavy atom. The molecule has 0 aliphatic heterocycles. The molecule has 0 heterocycles. The highest BCUT2D eigenvalue weighted by Crippen LogP contribution is 2.07. The smallest absolute Gasteiger partial charge is 0.313 e. The van der Waals surface area contributed by atoms with Crippen molar-refractivity contribution < 1.29 is 9.90 Å². The molecular weight excluding hydrogens is 172 g/mol. The number of aliphatic carboxylic acids is 1. The van der Waals surface area contributed by atoms with Gasteiger partial charge in [0.05, 0.1) is 5.75 Å². The first-order valence-corrected chi connectivity index (χ1v) is 5.33. The van der Waals surface area contributed by atoms with Crippen LogP contribution in [0.1, 0.15) is 25.7 Å². The molecule has 0 fully saturated rings. The van der Waals surface area contributed by atoms with Crippen molar-refractivity contribution in [1.82, 2.24) is 0 Å². The summed E-state index contributed by atoms with van der Waals surface area (Å²) in [4.78, 5) is 10.1. The molecule has 1 N–H and O–H groups in total. The molecule has 0 saturated heterocycles. The fourth-order valence-electron chi connectivity index (χ4n) is 0.829. The summed E-state index contributed by atoms with van der Waals surface area (Å²) in [5, 5.41) is 8.32. The van der Waals surface area contributed by atoms with Gasteiger partial charge in [0.2, 0.25) is 0 Å². The van der Waals surface area contributed by atoms with E-state index in [1.54, 1.807) is 0 Å². The highest BCUT2D eigenvalue weighted by atomic mass is 32.2. The Morgan fingerprint density at radius 1 is 1.42 bits per heavy atom. The van der Waals surface area contributed by atoms with Crippen LogP contribution in [0.15, 0.2) is 12.7 Å². The first-order chi connectivity index (χ1) is 5.77. The third kappa shape index (κ3) is 9.56. The van der Waals surface area contributed by atoms with Gasteiger partial charge in [0.1, 0.15) is 0 Å². The Morgan fingerprint density at radius 2 is 2.17 bits per heavy atom. The van der Waals surface area contributed by atoms with E-state index in [1.807, 2.05) is 6.08 Å². The molecule has 0 atom stereocenters. The number of thioether (sulfide) groups is 1. The van der Waals surface area contributed by atoms with Gasteiger partial charge in [-0.1, -0.05) is 12.5 Å². The molecule has 0 saturated carbocycles. The van der Waals surface area contributed by atoms with E-state index >= 15 is 0 Å². The normalized spacial score (nSPS) is 9.67. The molecule has 0 unspecified atom stereocenters. The average molecular weight is 188 g/mol. The van der Waals surface area contributed by atoms with Gasteiger partial charge in [0.15, 0.2) is 0 Å². The predicted molar refractivity (Wildman–Crippen MR) is 53.6 cm³/mol. The number of allylic oxidation sites excluding steroid dienone is 1. The van der Waals surface area contributed by atoms with Gasteiger partial charge < -0.3 is 5.11 Å². The van der Waals surface area contributed by atoms with E-state index in [-0.39, 0.29) is 5.75 Å². The summed E-state index contributed by atoms with van der Waals surface area (Å²) in [7, 11) is 0. The maximum absolute atomic E-state index is 10.1. The first kappa shape index (κ1) is 11.6. The molecule has 0 aromatic carbocycles. The zero-order valence-electron chi connectivity index (χ0n) is 7.29. The Kier molecular flexibility index (Phi) is 8.34. The summed E-state index contributed by atoms with van der Waals surface area (Å²) < 4.78 is 0. The largest absolute Gasteiger partial charge is 0.481 e. The van der Waals surface area contributed by atoms with Crippen LogP contribution in [-0.2, 0) is 4.79 Å². The maximum Gasteiger partial charge on any atom is 0.313 e. The molecule has 0 spiro atoms. The van der Waals surface area contributed by atoms with Crippen LogP contribution in [0.25, 0.3) is 0 Å². The lowest BCUT2D eigenvalue weighted by molar-refractivity contribution is -0.133. The molecule has 0 bridgehead atoms. The van der Waals surface area contributed by atoms with Crippen molar-refractivity contribution in [2.45, 2.75) is 25.7 Å². The summed E-state index contributed by atoms with van der Waals surface area (Å²) >= 11 is 1.49. The predicted octanol–water partition coefficient (Wildman–Crippen LogP) is 2.55. The number of hydrogen-bond donors (Lipinski definition) is 1. The van der Waals surface area contributed by atoms with Gasteiger partial charge in [-0.15, -0.1) is 6.58 Å². The van der Waals surface area contributed by atoms with Gasteiger partial charge in [-0.2, -0.15) is 11.8 Å². The Balaban J connectivity index is 2.90. The number of rotatable bonds is 8. The number of hydrogen-bond acceptors (Lipinski definition) is 2. The van der Waals surface area contributed by atoms with E-state index < -0.39 is 5.97 Å². The second-order valence-corrected chi connectivity index (χ2v) is 3.69. The quantitative estimate of drug-likeness (QED) is 0.470. The van der Waals surface area contributed by atoms with Crippen LogP contribution in [0.3, 0.4) is 0 Å². The van der Waals surface area contributed by atoms with Crippen molar-refractivity contribution in [3.8, 4) is 0 Å². The first-order valence-electron chi connectivity index (χ1n) is 4.18. The van der Waals surface area contributed by atoms with E-state index in [9.17, 15) is 4.79 Å². The SMILES string of the molecule is C=CCCCCCSCC(=O)O. The summed E-state index contributed by atoms with van der Waals surface area (Å²) in [6.07, 6.45) is 6.47. The Labute approximate surface area is 78.0 Å². The zero-order valence-corrected chi connectivity index (χ0v) is 8.11. The molecular formula is C9H16O2S. The molecule has 2 nitrogen and oxygen atoms in total. The summed E-state index contributed by atoms with van der Waals surface area (Å²) in [5.74, 6) is 0.483. The van der Waals surface area contributed by atoms with Crippen LogP contribution >= 0.6 is 11.8 Å². The topological polar surface area (TPSA) is 37.3 Å². The summed E-state index contributed by atoms with van der Waals surface area (Å²) in [6, 6.07) is 0. The molecule has 0 rings (SSSR count). The van der Waals surface area contributed by atoms with Crippen LogP contribution in [0.2, 0.25) is 0 Å². The zero-order chi connectivity index (χ0) is 9.23. The minimum Gasteiger partial charge on any atom is -0.481 e. The van der Waals surface area contributed by atoms with Gasteiger partial charge in [0.25, 0.3) is 0 Å². The van der Waals surface area contributed by atoms with E-state index in [0.717, 1.165) is 18.6 Å². The van der Waals surface area contributed by atoms with Crippen molar-refractivity contribution in [3.05, 3.63) is 12.7 Å². The van der Waals surface area contributed by atoms with Crippen molar-refractivity contribution in [3.63, 3.8) is 0 Å². The van der Waals surface area contributed by atoms with Crippen LogP contribution in [0, 0.1) is 0 Å². The van der Waals surface area contributed by atoms with Gasteiger partial charge in [0, 0.05) is 0 Å². The number of carbonyl (C=O) groups is 1. The third-order valence-corrected chi connectivity index (χ3v) is 2.45. The van der Waals surface area contributed by atoms with E-state index in [1.165, 1.54) is 24.6 Å². The lowest BCUT2D eigenvalue weighted by Crippen LogP contribution is -1.98. The van der Waals surface area contributed by atoms with Crippen LogP contribution in [0.5, 0.6) is 0 Å².